The molecule has 1 saturated heterocycles. The molecular weight excluding hydrogens is 320 g/mol. The molecule has 1 aromatic carbocycles. The first-order valence-corrected chi connectivity index (χ1v) is 8.98. The third-order valence-corrected chi connectivity index (χ3v) is 4.26. The van der Waals surface area contributed by atoms with Crippen LogP contribution in [0.15, 0.2) is 30.3 Å². The van der Waals surface area contributed by atoms with Crippen molar-refractivity contribution < 1.29 is 19.1 Å². The minimum Gasteiger partial charge on any atom is -0.491 e. The predicted molar refractivity (Wildman–Crippen MR) is 95.4 cm³/mol. The summed E-state index contributed by atoms with van der Waals surface area (Å²) in [5, 5.41) is 2.72. The first kappa shape index (κ1) is 19.2. The number of hydrogen-bond acceptors (Lipinski definition) is 4. The Morgan fingerprint density at radius 2 is 2.00 bits per heavy atom. The molecule has 0 aliphatic carbocycles. The van der Waals surface area contributed by atoms with Crippen LogP contribution < -0.4 is 10.1 Å². The number of likely N-dealkylation sites (tertiary alicyclic amines) is 1. The normalized spacial score (nSPS) is 17.2. The van der Waals surface area contributed by atoms with Crippen LogP contribution in [0.25, 0.3) is 0 Å². The zero-order valence-electron chi connectivity index (χ0n) is 14.9. The van der Waals surface area contributed by atoms with Gasteiger partial charge in [-0.15, -0.1) is 0 Å². The van der Waals surface area contributed by atoms with Crippen molar-refractivity contribution in [3.8, 4) is 5.75 Å². The van der Waals surface area contributed by atoms with Gasteiger partial charge in [0.25, 0.3) is 0 Å². The zero-order chi connectivity index (χ0) is 17.9. The van der Waals surface area contributed by atoms with E-state index in [0.29, 0.717) is 32.2 Å². The maximum Gasteiger partial charge on any atom is 0.246 e. The van der Waals surface area contributed by atoms with E-state index in [0.717, 1.165) is 25.1 Å². The predicted octanol–water partition coefficient (Wildman–Crippen LogP) is 1.99. The summed E-state index contributed by atoms with van der Waals surface area (Å²) < 4.78 is 10.7. The Labute approximate surface area is 149 Å². The molecule has 1 fully saturated rings. The largest absolute Gasteiger partial charge is 0.491 e. The SMILES string of the molecule is C[C@@H]1CCCCN1C(=O)CCNC(=O)COCCOc1ccccc1. The fraction of sp³-hybridized carbons (Fsp3) is 0.579. The average molecular weight is 348 g/mol. The second kappa shape index (κ2) is 10.7. The topological polar surface area (TPSA) is 67.9 Å². The summed E-state index contributed by atoms with van der Waals surface area (Å²) in [5.41, 5.74) is 0. The molecule has 0 unspecified atom stereocenters. The van der Waals surface area contributed by atoms with Gasteiger partial charge in [-0.05, 0) is 38.3 Å². The van der Waals surface area contributed by atoms with Gasteiger partial charge in [0.05, 0.1) is 6.61 Å². The molecule has 1 aromatic rings. The van der Waals surface area contributed by atoms with E-state index in [1.807, 2.05) is 35.2 Å². The fourth-order valence-corrected chi connectivity index (χ4v) is 2.87. The Hall–Kier alpha value is -2.08. The highest BCUT2D eigenvalue weighted by Crippen LogP contribution is 2.16. The van der Waals surface area contributed by atoms with Gasteiger partial charge in [0.2, 0.25) is 11.8 Å². The number of para-hydroxylation sites is 1. The minimum atomic E-state index is -0.209. The summed E-state index contributed by atoms with van der Waals surface area (Å²) in [6.07, 6.45) is 3.67. The van der Waals surface area contributed by atoms with Crippen molar-refractivity contribution >= 4 is 11.8 Å². The summed E-state index contributed by atoms with van der Waals surface area (Å²) in [7, 11) is 0. The van der Waals surface area contributed by atoms with Gasteiger partial charge in [0.15, 0.2) is 0 Å². The van der Waals surface area contributed by atoms with E-state index in [-0.39, 0.29) is 18.4 Å². The summed E-state index contributed by atoms with van der Waals surface area (Å²) in [6, 6.07) is 9.76. The van der Waals surface area contributed by atoms with Crippen molar-refractivity contribution in [3.63, 3.8) is 0 Å². The molecule has 1 aliphatic rings. The number of nitrogens with one attached hydrogen (secondary N) is 1. The van der Waals surface area contributed by atoms with Crippen LogP contribution in [0.5, 0.6) is 5.75 Å². The third kappa shape index (κ3) is 7.13. The first-order chi connectivity index (χ1) is 12.2. The Balaban J connectivity index is 1.50. The number of hydrogen-bond donors (Lipinski definition) is 1. The molecule has 0 aromatic heterocycles. The van der Waals surface area contributed by atoms with Gasteiger partial charge in [-0.3, -0.25) is 9.59 Å². The second-order valence-corrected chi connectivity index (χ2v) is 6.25. The Bertz CT molecular complexity index is 535. The summed E-state index contributed by atoms with van der Waals surface area (Å²) in [4.78, 5) is 25.8. The quantitative estimate of drug-likeness (QED) is 0.693. The van der Waals surface area contributed by atoms with Gasteiger partial charge in [0, 0.05) is 25.6 Å². The molecule has 138 valence electrons. The third-order valence-electron chi connectivity index (χ3n) is 4.26. The highest BCUT2D eigenvalue weighted by atomic mass is 16.5. The molecule has 0 spiro atoms. The monoisotopic (exact) mass is 348 g/mol. The van der Waals surface area contributed by atoms with Crippen LogP contribution in [-0.4, -0.2) is 55.7 Å². The molecule has 2 rings (SSSR count). The van der Waals surface area contributed by atoms with E-state index >= 15 is 0 Å². The number of piperidine rings is 1. The van der Waals surface area contributed by atoms with Crippen molar-refractivity contribution in [2.45, 2.75) is 38.6 Å². The van der Waals surface area contributed by atoms with Gasteiger partial charge >= 0.3 is 0 Å². The van der Waals surface area contributed by atoms with Crippen molar-refractivity contribution in [1.82, 2.24) is 10.2 Å². The van der Waals surface area contributed by atoms with Gasteiger partial charge in [-0.2, -0.15) is 0 Å². The second-order valence-electron chi connectivity index (χ2n) is 6.25. The molecule has 0 saturated carbocycles. The summed E-state index contributed by atoms with van der Waals surface area (Å²) in [5.74, 6) is 0.685. The van der Waals surface area contributed by atoms with E-state index < -0.39 is 0 Å². The molecule has 1 heterocycles. The number of ether oxygens (including phenoxy) is 2. The first-order valence-electron chi connectivity index (χ1n) is 8.98. The molecular formula is C19H28N2O4. The molecule has 1 aliphatic heterocycles. The van der Waals surface area contributed by atoms with Crippen molar-refractivity contribution in [3.05, 3.63) is 30.3 Å². The van der Waals surface area contributed by atoms with Gasteiger partial charge in [-0.1, -0.05) is 18.2 Å². The molecule has 2 amide bonds. The van der Waals surface area contributed by atoms with E-state index in [1.54, 1.807) is 0 Å². The molecule has 0 bridgehead atoms. The van der Waals surface area contributed by atoms with Crippen LogP contribution in [0.2, 0.25) is 0 Å². The van der Waals surface area contributed by atoms with Gasteiger partial charge in [0.1, 0.15) is 19.0 Å². The van der Waals surface area contributed by atoms with Crippen LogP contribution in [0, 0.1) is 0 Å². The number of carbonyl (C=O) groups is 2. The molecule has 25 heavy (non-hydrogen) atoms. The number of rotatable bonds is 9. The minimum absolute atomic E-state index is 0.0214. The van der Waals surface area contributed by atoms with E-state index in [4.69, 9.17) is 9.47 Å². The van der Waals surface area contributed by atoms with Crippen LogP contribution in [0.4, 0.5) is 0 Å². The van der Waals surface area contributed by atoms with Crippen LogP contribution in [0.1, 0.15) is 32.6 Å². The molecule has 6 nitrogen and oxygen atoms in total. The van der Waals surface area contributed by atoms with Crippen LogP contribution >= 0.6 is 0 Å². The Morgan fingerprint density at radius 3 is 2.76 bits per heavy atom. The van der Waals surface area contributed by atoms with E-state index in [1.165, 1.54) is 6.42 Å². The molecule has 0 radical (unpaired) electrons. The van der Waals surface area contributed by atoms with Crippen molar-refractivity contribution in [2.75, 3.05) is 32.9 Å². The number of nitrogens with zero attached hydrogens (tertiary/aromatic N) is 1. The average Bonchev–Trinajstić information content (AvgIpc) is 2.62. The fourth-order valence-electron chi connectivity index (χ4n) is 2.87. The number of carbonyl (C=O) groups excluding carboxylic acids is 2. The van der Waals surface area contributed by atoms with Crippen molar-refractivity contribution in [1.29, 1.82) is 0 Å². The van der Waals surface area contributed by atoms with E-state index in [9.17, 15) is 9.59 Å². The number of benzene rings is 1. The maximum atomic E-state index is 12.2. The van der Waals surface area contributed by atoms with Crippen LogP contribution in [0.3, 0.4) is 0 Å². The smallest absolute Gasteiger partial charge is 0.246 e. The highest BCUT2D eigenvalue weighted by molar-refractivity contribution is 5.79. The lowest BCUT2D eigenvalue weighted by atomic mass is 10.0. The molecule has 6 heteroatoms. The molecule has 1 N–H and O–H groups in total. The zero-order valence-corrected chi connectivity index (χ0v) is 14.9. The van der Waals surface area contributed by atoms with E-state index in [2.05, 4.69) is 12.2 Å². The maximum absolute atomic E-state index is 12.2. The van der Waals surface area contributed by atoms with Gasteiger partial charge in [-0.25, -0.2) is 0 Å². The Morgan fingerprint density at radius 1 is 1.20 bits per heavy atom. The molecule has 1 atom stereocenters. The summed E-state index contributed by atoms with van der Waals surface area (Å²) >= 11 is 0. The summed E-state index contributed by atoms with van der Waals surface area (Å²) in [6.45, 7) is 3.98. The van der Waals surface area contributed by atoms with Crippen molar-refractivity contribution in [2.24, 2.45) is 0 Å². The lowest BCUT2D eigenvalue weighted by Crippen LogP contribution is -2.43. The van der Waals surface area contributed by atoms with Crippen LogP contribution in [-0.2, 0) is 14.3 Å². The lowest BCUT2D eigenvalue weighted by molar-refractivity contribution is -0.134. The van der Waals surface area contributed by atoms with Gasteiger partial charge < -0.3 is 19.7 Å². The number of amides is 2. The standard InChI is InChI=1S/C19H28N2O4/c1-16-7-5-6-12-21(16)19(23)10-11-20-18(22)15-24-13-14-25-17-8-3-2-4-9-17/h2-4,8-9,16H,5-7,10-15H2,1H3,(H,20,22)/t16-/m1/s1. The highest BCUT2D eigenvalue weighted by Gasteiger charge is 2.22. The lowest BCUT2D eigenvalue weighted by Gasteiger charge is -2.33. The Kier molecular flexibility index (Phi) is 8.25.